The molecule has 1 aromatic carbocycles. The summed E-state index contributed by atoms with van der Waals surface area (Å²) in [4.78, 5) is 2.44. The molecule has 3 heteroatoms. The number of piperidine rings is 1. The molecule has 0 bridgehead atoms. The minimum absolute atomic E-state index is 0.281. The van der Waals surface area contributed by atoms with Gasteiger partial charge in [0.05, 0.1) is 6.10 Å². The molecule has 1 heterocycles. The molecule has 1 aromatic rings. The number of benzene rings is 1. The molecule has 1 aliphatic heterocycles. The topological polar surface area (TPSA) is 38.5 Å². The second kappa shape index (κ2) is 6.92. The molecule has 2 rings (SSSR count). The third kappa shape index (κ3) is 3.95. The second-order valence-corrected chi connectivity index (χ2v) is 5.46. The smallest absolute Gasteiger partial charge is 0.0605 e. The molecule has 19 heavy (non-hydrogen) atoms. The van der Waals surface area contributed by atoms with Crippen molar-refractivity contribution in [3.63, 3.8) is 0 Å². The highest BCUT2D eigenvalue weighted by Crippen LogP contribution is 2.22. The van der Waals surface area contributed by atoms with Crippen LogP contribution in [0.1, 0.15) is 31.7 Å². The van der Waals surface area contributed by atoms with E-state index >= 15 is 0 Å². The maximum Gasteiger partial charge on any atom is 0.0605 e. The van der Waals surface area contributed by atoms with Crippen LogP contribution in [-0.4, -0.2) is 32.3 Å². The van der Waals surface area contributed by atoms with Gasteiger partial charge >= 0.3 is 0 Å². The lowest BCUT2D eigenvalue weighted by molar-refractivity contribution is 0.0819. The molecule has 2 N–H and O–H groups in total. The van der Waals surface area contributed by atoms with E-state index < -0.39 is 0 Å². The van der Waals surface area contributed by atoms with Crippen molar-refractivity contribution < 1.29 is 4.74 Å². The van der Waals surface area contributed by atoms with E-state index in [9.17, 15) is 0 Å². The Morgan fingerprint density at radius 3 is 2.42 bits per heavy atom. The van der Waals surface area contributed by atoms with Crippen LogP contribution in [0.15, 0.2) is 24.3 Å². The summed E-state index contributed by atoms with van der Waals surface area (Å²) in [6.07, 6.45) is 4.70. The van der Waals surface area contributed by atoms with Gasteiger partial charge in [-0.1, -0.05) is 19.1 Å². The van der Waals surface area contributed by atoms with E-state index in [-0.39, 0.29) is 6.04 Å². The third-order valence-corrected chi connectivity index (χ3v) is 4.10. The van der Waals surface area contributed by atoms with Crippen molar-refractivity contribution in [2.75, 3.05) is 25.1 Å². The zero-order valence-corrected chi connectivity index (χ0v) is 12.1. The highest BCUT2D eigenvalue weighted by atomic mass is 16.5. The molecule has 0 radical (unpaired) electrons. The van der Waals surface area contributed by atoms with Crippen LogP contribution < -0.4 is 10.6 Å². The Morgan fingerprint density at radius 1 is 1.26 bits per heavy atom. The Bertz CT molecular complexity index is 369. The largest absolute Gasteiger partial charge is 0.381 e. The van der Waals surface area contributed by atoms with Crippen molar-refractivity contribution in [3.05, 3.63) is 29.8 Å². The van der Waals surface area contributed by atoms with Crippen LogP contribution >= 0.6 is 0 Å². The molecular weight excluding hydrogens is 236 g/mol. The lowest BCUT2D eigenvalue weighted by Crippen LogP contribution is -2.36. The maximum atomic E-state index is 5.99. The summed E-state index contributed by atoms with van der Waals surface area (Å²) in [5, 5.41) is 0. The summed E-state index contributed by atoms with van der Waals surface area (Å²) in [5.74, 6) is 0. The molecule has 1 saturated heterocycles. The fourth-order valence-electron chi connectivity index (χ4n) is 2.64. The predicted molar refractivity (Wildman–Crippen MR) is 80.7 cm³/mol. The first-order chi connectivity index (χ1) is 9.22. The molecule has 0 aliphatic carbocycles. The average molecular weight is 262 g/mol. The Morgan fingerprint density at radius 2 is 1.89 bits per heavy atom. The Labute approximate surface area is 116 Å². The van der Waals surface area contributed by atoms with Gasteiger partial charge in [-0.2, -0.15) is 0 Å². The number of ether oxygens (including phenoxy) is 1. The number of hydrogen-bond acceptors (Lipinski definition) is 3. The van der Waals surface area contributed by atoms with Crippen molar-refractivity contribution in [3.8, 4) is 0 Å². The van der Waals surface area contributed by atoms with Crippen LogP contribution in [0.3, 0.4) is 0 Å². The van der Waals surface area contributed by atoms with Crippen LogP contribution in [0, 0.1) is 0 Å². The first kappa shape index (κ1) is 14.4. The Hall–Kier alpha value is -1.06. The lowest BCUT2D eigenvalue weighted by Gasteiger charge is -2.33. The van der Waals surface area contributed by atoms with Gasteiger partial charge in [-0.25, -0.2) is 0 Å². The van der Waals surface area contributed by atoms with E-state index in [2.05, 4.69) is 36.1 Å². The van der Waals surface area contributed by atoms with Crippen LogP contribution in [0.25, 0.3) is 0 Å². The molecule has 1 unspecified atom stereocenters. The van der Waals surface area contributed by atoms with Gasteiger partial charge in [-0.15, -0.1) is 0 Å². The first-order valence-corrected chi connectivity index (χ1v) is 7.35. The number of rotatable bonds is 5. The van der Waals surface area contributed by atoms with Gasteiger partial charge in [0.2, 0.25) is 0 Å². The molecule has 106 valence electrons. The normalized spacial score (nSPS) is 18.6. The van der Waals surface area contributed by atoms with E-state index in [1.165, 1.54) is 11.3 Å². The fraction of sp³-hybridized carbons (Fsp3) is 0.625. The van der Waals surface area contributed by atoms with Crippen molar-refractivity contribution in [1.82, 2.24) is 0 Å². The van der Waals surface area contributed by atoms with Gasteiger partial charge < -0.3 is 15.4 Å². The molecule has 1 aliphatic rings. The number of nitrogens with zero attached hydrogens (tertiary/aromatic N) is 1. The molecule has 1 atom stereocenters. The summed E-state index contributed by atoms with van der Waals surface area (Å²) in [7, 11) is 1.81. The van der Waals surface area contributed by atoms with Gasteiger partial charge in [0, 0.05) is 31.9 Å². The zero-order chi connectivity index (χ0) is 13.7. The molecule has 0 aromatic heterocycles. The molecular formula is C16H26N2O. The number of anilines is 1. The third-order valence-electron chi connectivity index (χ3n) is 4.10. The minimum atomic E-state index is 0.281. The van der Waals surface area contributed by atoms with E-state index in [0.717, 1.165) is 38.8 Å². The SMILES string of the molecule is CCC(N)Cc1ccc(N2CCC(OC)CC2)cc1. The van der Waals surface area contributed by atoms with E-state index in [0.29, 0.717) is 6.10 Å². The minimum Gasteiger partial charge on any atom is -0.381 e. The highest BCUT2D eigenvalue weighted by molar-refractivity contribution is 5.48. The summed E-state index contributed by atoms with van der Waals surface area (Å²) >= 11 is 0. The van der Waals surface area contributed by atoms with Gasteiger partial charge in [-0.05, 0) is 43.4 Å². The van der Waals surface area contributed by atoms with Crippen molar-refractivity contribution >= 4 is 5.69 Å². The molecule has 1 fully saturated rings. The lowest BCUT2D eigenvalue weighted by atomic mass is 10.0. The quantitative estimate of drug-likeness (QED) is 0.886. The van der Waals surface area contributed by atoms with Crippen molar-refractivity contribution in [2.24, 2.45) is 5.73 Å². The highest BCUT2D eigenvalue weighted by Gasteiger charge is 2.18. The van der Waals surface area contributed by atoms with Gasteiger partial charge in [0.15, 0.2) is 0 Å². The van der Waals surface area contributed by atoms with Crippen molar-refractivity contribution in [1.29, 1.82) is 0 Å². The zero-order valence-electron chi connectivity index (χ0n) is 12.1. The summed E-state index contributed by atoms with van der Waals surface area (Å²) < 4.78 is 5.41. The van der Waals surface area contributed by atoms with Gasteiger partial charge in [0.25, 0.3) is 0 Å². The van der Waals surface area contributed by atoms with Crippen LogP contribution in [0.2, 0.25) is 0 Å². The molecule has 0 spiro atoms. The average Bonchev–Trinajstić information content (AvgIpc) is 2.48. The Kier molecular flexibility index (Phi) is 5.23. The summed E-state index contributed by atoms with van der Waals surface area (Å²) in [5.41, 5.74) is 8.65. The number of nitrogens with two attached hydrogens (primary N) is 1. The number of methoxy groups -OCH3 is 1. The van der Waals surface area contributed by atoms with E-state index in [1.54, 1.807) is 0 Å². The van der Waals surface area contributed by atoms with Crippen LogP contribution in [0.4, 0.5) is 5.69 Å². The van der Waals surface area contributed by atoms with Crippen molar-refractivity contribution in [2.45, 2.75) is 44.8 Å². The van der Waals surface area contributed by atoms with Gasteiger partial charge in [-0.3, -0.25) is 0 Å². The van der Waals surface area contributed by atoms with E-state index in [1.807, 2.05) is 7.11 Å². The van der Waals surface area contributed by atoms with Gasteiger partial charge in [0.1, 0.15) is 0 Å². The fourth-order valence-corrected chi connectivity index (χ4v) is 2.64. The summed E-state index contributed by atoms with van der Waals surface area (Å²) in [6.45, 7) is 4.32. The molecule has 0 saturated carbocycles. The Balaban J connectivity index is 1.91. The van der Waals surface area contributed by atoms with Crippen LogP contribution in [0.5, 0.6) is 0 Å². The maximum absolute atomic E-state index is 5.99. The molecule has 0 amide bonds. The van der Waals surface area contributed by atoms with Crippen LogP contribution in [-0.2, 0) is 11.2 Å². The second-order valence-electron chi connectivity index (χ2n) is 5.46. The summed E-state index contributed by atoms with van der Waals surface area (Å²) in [6, 6.07) is 9.17. The monoisotopic (exact) mass is 262 g/mol. The molecule has 3 nitrogen and oxygen atoms in total. The predicted octanol–water partition coefficient (Wildman–Crippen LogP) is 2.58. The first-order valence-electron chi connectivity index (χ1n) is 7.35. The van der Waals surface area contributed by atoms with E-state index in [4.69, 9.17) is 10.5 Å². The number of hydrogen-bond donors (Lipinski definition) is 1. The standard InChI is InChI=1S/C16H26N2O/c1-3-14(17)12-13-4-6-15(7-5-13)18-10-8-16(19-2)9-11-18/h4-7,14,16H,3,8-12,17H2,1-2H3.